The van der Waals surface area contributed by atoms with E-state index in [1.807, 2.05) is 6.92 Å². The Morgan fingerprint density at radius 3 is 3.07 bits per heavy atom. The average molecular weight is 191 g/mol. The third-order valence-corrected chi connectivity index (χ3v) is 2.72. The fraction of sp³-hybridized carbons (Fsp3) is 0.500. The number of benzene rings is 1. The lowest BCUT2D eigenvalue weighted by Gasteiger charge is -2.27. The lowest BCUT2D eigenvalue weighted by atomic mass is 10.0. The Bertz CT molecular complexity index is 322. The SMILES string of the molecule is CCOc1ccc2c(c1)N(C)CCC2. The highest BCUT2D eigenvalue weighted by Crippen LogP contribution is 2.29. The van der Waals surface area contributed by atoms with Crippen LogP contribution >= 0.6 is 0 Å². The Morgan fingerprint density at radius 1 is 1.43 bits per heavy atom. The van der Waals surface area contributed by atoms with E-state index >= 15 is 0 Å². The fourth-order valence-corrected chi connectivity index (χ4v) is 1.99. The summed E-state index contributed by atoms with van der Waals surface area (Å²) in [5.74, 6) is 0.986. The number of ether oxygens (including phenoxy) is 1. The molecule has 1 aromatic carbocycles. The Balaban J connectivity index is 2.31. The zero-order chi connectivity index (χ0) is 9.97. The maximum Gasteiger partial charge on any atom is 0.121 e. The second-order valence-corrected chi connectivity index (χ2v) is 3.75. The first kappa shape index (κ1) is 9.38. The van der Waals surface area contributed by atoms with Crippen molar-refractivity contribution in [2.24, 2.45) is 0 Å². The highest BCUT2D eigenvalue weighted by atomic mass is 16.5. The first-order valence-corrected chi connectivity index (χ1v) is 5.28. The van der Waals surface area contributed by atoms with Crippen molar-refractivity contribution in [2.45, 2.75) is 19.8 Å². The molecule has 0 aliphatic carbocycles. The van der Waals surface area contributed by atoms with E-state index < -0.39 is 0 Å². The van der Waals surface area contributed by atoms with E-state index in [-0.39, 0.29) is 0 Å². The van der Waals surface area contributed by atoms with E-state index in [2.05, 4.69) is 30.1 Å². The van der Waals surface area contributed by atoms with E-state index in [4.69, 9.17) is 4.74 Å². The molecule has 1 aromatic rings. The van der Waals surface area contributed by atoms with Gasteiger partial charge in [-0.15, -0.1) is 0 Å². The van der Waals surface area contributed by atoms with Crippen molar-refractivity contribution in [3.8, 4) is 5.75 Å². The van der Waals surface area contributed by atoms with Crippen LogP contribution in [0, 0.1) is 0 Å². The quantitative estimate of drug-likeness (QED) is 0.712. The van der Waals surface area contributed by atoms with Crippen molar-refractivity contribution in [1.29, 1.82) is 0 Å². The molecule has 1 aliphatic rings. The van der Waals surface area contributed by atoms with Gasteiger partial charge in [0.15, 0.2) is 0 Å². The minimum Gasteiger partial charge on any atom is -0.494 e. The summed E-state index contributed by atoms with van der Waals surface area (Å²) in [5, 5.41) is 0. The third-order valence-electron chi connectivity index (χ3n) is 2.72. The summed E-state index contributed by atoms with van der Waals surface area (Å²) < 4.78 is 5.49. The zero-order valence-electron chi connectivity index (χ0n) is 8.92. The molecule has 0 N–H and O–H groups in total. The molecule has 0 unspecified atom stereocenters. The van der Waals surface area contributed by atoms with Gasteiger partial charge in [-0.05, 0) is 31.4 Å². The first-order chi connectivity index (χ1) is 6.81. The molecule has 2 heteroatoms. The molecule has 0 saturated carbocycles. The van der Waals surface area contributed by atoms with Gasteiger partial charge < -0.3 is 9.64 Å². The van der Waals surface area contributed by atoms with Crippen molar-refractivity contribution >= 4 is 5.69 Å². The highest BCUT2D eigenvalue weighted by molar-refractivity contribution is 5.58. The van der Waals surface area contributed by atoms with Crippen LogP contribution in [0.2, 0.25) is 0 Å². The number of nitrogens with zero attached hydrogens (tertiary/aromatic N) is 1. The van der Waals surface area contributed by atoms with E-state index in [0.717, 1.165) is 18.9 Å². The highest BCUT2D eigenvalue weighted by Gasteiger charge is 2.13. The lowest BCUT2D eigenvalue weighted by Crippen LogP contribution is -2.24. The van der Waals surface area contributed by atoms with Gasteiger partial charge in [0.1, 0.15) is 5.75 Å². The summed E-state index contributed by atoms with van der Waals surface area (Å²) in [6, 6.07) is 6.41. The monoisotopic (exact) mass is 191 g/mol. The predicted molar refractivity (Wildman–Crippen MR) is 59.2 cm³/mol. The number of anilines is 1. The van der Waals surface area contributed by atoms with E-state index in [0.29, 0.717) is 0 Å². The van der Waals surface area contributed by atoms with E-state index in [1.54, 1.807) is 0 Å². The zero-order valence-corrected chi connectivity index (χ0v) is 8.92. The van der Waals surface area contributed by atoms with Crippen LogP contribution in [0.15, 0.2) is 18.2 Å². The van der Waals surface area contributed by atoms with Gasteiger partial charge in [-0.3, -0.25) is 0 Å². The van der Waals surface area contributed by atoms with Crippen LogP contribution in [0.25, 0.3) is 0 Å². The number of hydrogen-bond donors (Lipinski definition) is 0. The van der Waals surface area contributed by atoms with E-state index in [9.17, 15) is 0 Å². The number of aryl methyl sites for hydroxylation is 1. The second-order valence-electron chi connectivity index (χ2n) is 3.75. The minimum absolute atomic E-state index is 0.739. The average Bonchev–Trinajstić information content (AvgIpc) is 2.20. The molecule has 0 spiro atoms. The molecular weight excluding hydrogens is 174 g/mol. The van der Waals surface area contributed by atoms with Crippen molar-refractivity contribution in [3.63, 3.8) is 0 Å². The van der Waals surface area contributed by atoms with Gasteiger partial charge in [0.25, 0.3) is 0 Å². The predicted octanol–water partition coefficient (Wildman–Crippen LogP) is 2.47. The van der Waals surface area contributed by atoms with Crippen LogP contribution < -0.4 is 9.64 Å². The van der Waals surface area contributed by atoms with Gasteiger partial charge in [0.2, 0.25) is 0 Å². The van der Waals surface area contributed by atoms with Gasteiger partial charge in [-0.1, -0.05) is 6.07 Å². The van der Waals surface area contributed by atoms with Crippen LogP contribution in [0.3, 0.4) is 0 Å². The topological polar surface area (TPSA) is 12.5 Å². The Morgan fingerprint density at radius 2 is 2.29 bits per heavy atom. The molecule has 0 amide bonds. The molecule has 76 valence electrons. The fourth-order valence-electron chi connectivity index (χ4n) is 1.99. The molecule has 0 bridgehead atoms. The molecule has 1 aliphatic heterocycles. The normalized spacial score (nSPS) is 15.1. The van der Waals surface area contributed by atoms with Gasteiger partial charge in [0.05, 0.1) is 6.61 Å². The number of rotatable bonds is 2. The molecule has 1 heterocycles. The van der Waals surface area contributed by atoms with Gasteiger partial charge in [0, 0.05) is 25.3 Å². The number of hydrogen-bond acceptors (Lipinski definition) is 2. The van der Waals surface area contributed by atoms with E-state index in [1.165, 1.54) is 24.1 Å². The van der Waals surface area contributed by atoms with Crippen LogP contribution in [0.1, 0.15) is 18.9 Å². The number of fused-ring (bicyclic) bond motifs is 1. The van der Waals surface area contributed by atoms with Crippen LogP contribution in [-0.4, -0.2) is 20.2 Å². The summed E-state index contributed by atoms with van der Waals surface area (Å²) in [5.41, 5.74) is 2.78. The van der Waals surface area contributed by atoms with Crippen molar-refractivity contribution in [3.05, 3.63) is 23.8 Å². The molecule has 0 aromatic heterocycles. The Kier molecular flexibility index (Phi) is 2.62. The standard InChI is InChI=1S/C12H17NO/c1-3-14-11-7-6-10-5-4-8-13(2)12(10)9-11/h6-7,9H,3-5,8H2,1-2H3. The first-order valence-electron chi connectivity index (χ1n) is 5.28. The van der Waals surface area contributed by atoms with Crippen molar-refractivity contribution < 1.29 is 4.74 Å². The van der Waals surface area contributed by atoms with Crippen LogP contribution in [-0.2, 0) is 6.42 Å². The van der Waals surface area contributed by atoms with Crippen LogP contribution in [0.4, 0.5) is 5.69 Å². The minimum atomic E-state index is 0.739. The summed E-state index contributed by atoms with van der Waals surface area (Å²) >= 11 is 0. The van der Waals surface area contributed by atoms with Gasteiger partial charge in [-0.2, -0.15) is 0 Å². The summed E-state index contributed by atoms with van der Waals surface area (Å²) in [7, 11) is 2.15. The van der Waals surface area contributed by atoms with Crippen molar-refractivity contribution in [1.82, 2.24) is 0 Å². The Labute approximate surface area is 85.5 Å². The Hall–Kier alpha value is -1.18. The molecule has 0 fully saturated rings. The molecule has 0 saturated heterocycles. The summed E-state index contributed by atoms with van der Waals surface area (Å²) in [6.45, 7) is 3.91. The summed E-state index contributed by atoms with van der Waals surface area (Å²) in [4.78, 5) is 2.31. The van der Waals surface area contributed by atoms with Crippen LogP contribution in [0.5, 0.6) is 5.75 Å². The maximum atomic E-state index is 5.49. The van der Waals surface area contributed by atoms with Gasteiger partial charge >= 0.3 is 0 Å². The largest absolute Gasteiger partial charge is 0.494 e. The molecule has 2 nitrogen and oxygen atoms in total. The van der Waals surface area contributed by atoms with Gasteiger partial charge in [-0.25, -0.2) is 0 Å². The smallest absolute Gasteiger partial charge is 0.121 e. The third kappa shape index (κ3) is 1.69. The molecule has 14 heavy (non-hydrogen) atoms. The van der Waals surface area contributed by atoms with Crippen molar-refractivity contribution in [2.75, 3.05) is 25.1 Å². The molecular formula is C12H17NO. The lowest BCUT2D eigenvalue weighted by molar-refractivity contribution is 0.340. The second kappa shape index (κ2) is 3.91. The molecule has 2 rings (SSSR count). The molecule has 0 atom stereocenters. The molecule has 0 radical (unpaired) electrons. The maximum absolute atomic E-state index is 5.49. The summed E-state index contributed by atoms with van der Waals surface area (Å²) in [6.07, 6.45) is 2.46.